The molecule has 2 aromatic rings. The van der Waals surface area contributed by atoms with Crippen molar-refractivity contribution in [1.29, 1.82) is 0 Å². The summed E-state index contributed by atoms with van der Waals surface area (Å²) in [5, 5.41) is 5.60. The lowest BCUT2D eigenvalue weighted by Crippen LogP contribution is -2.08. The summed E-state index contributed by atoms with van der Waals surface area (Å²) in [4.78, 5) is 8.99. The van der Waals surface area contributed by atoms with Crippen molar-refractivity contribution in [3.05, 3.63) is 33.0 Å². The minimum absolute atomic E-state index is 0.448. The van der Waals surface area contributed by atoms with Gasteiger partial charge in [-0.2, -0.15) is 5.10 Å². The van der Waals surface area contributed by atoms with Gasteiger partial charge < -0.3 is 0 Å². The van der Waals surface area contributed by atoms with Crippen LogP contribution in [0.4, 0.5) is 0 Å². The van der Waals surface area contributed by atoms with Gasteiger partial charge in [-0.15, -0.1) is 0 Å². The van der Waals surface area contributed by atoms with E-state index in [9.17, 15) is 0 Å². The Morgan fingerprint density at radius 1 is 1.11 bits per heavy atom. The van der Waals surface area contributed by atoms with Crippen molar-refractivity contribution in [2.45, 2.75) is 39.5 Å². The Morgan fingerprint density at radius 3 is 2.32 bits per heavy atom. The quantitative estimate of drug-likeness (QED) is 0.792. The zero-order valence-electron chi connectivity index (χ0n) is 11.0. The molecule has 2 aromatic heterocycles. The van der Waals surface area contributed by atoms with Crippen LogP contribution in [-0.2, 0) is 0 Å². The highest BCUT2D eigenvalue weighted by atomic mass is 35.5. The van der Waals surface area contributed by atoms with Gasteiger partial charge in [-0.25, -0.2) is 14.6 Å². The molecule has 1 fully saturated rings. The normalized spacial score (nSPS) is 15.0. The van der Waals surface area contributed by atoms with Gasteiger partial charge >= 0.3 is 0 Å². The maximum Gasteiger partial charge on any atom is 0.161 e. The highest BCUT2D eigenvalue weighted by Gasteiger charge is 2.28. The molecule has 2 heterocycles. The molecule has 0 N–H and O–H groups in total. The Morgan fingerprint density at radius 2 is 1.79 bits per heavy atom. The number of rotatable bonds is 2. The summed E-state index contributed by atoms with van der Waals surface area (Å²) < 4.78 is 1.76. The number of aryl methyl sites for hydroxylation is 1. The first kappa shape index (κ1) is 12.9. The molecule has 0 bridgehead atoms. The highest BCUT2D eigenvalue weighted by Crippen LogP contribution is 2.39. The minimum atomic E-state index is 0.448. The SMILES string of the molecule is Cc1nn(-c2nc(C3CC3)nc(Cl)c2C)c(C)c1Cl. The van der Waals surface area contributed by atoms with Crippen LogP contribution in [0.2, 0.25) is 10.2 Å². The first-order chi connectivity index (χ1) is 8.99. The number of hydrogen-bond donors (Lipinski definition) is 0. The van der Waals surface area contributed by atoms with Crippen molar-refractivity contribution < 1.29 is 0 Å². The summed E-state index contributed by atoms with van der Waals surface area (Å²) in [7, 11) is 0. The zero-order chi connectivity index (χ0) is 13.7. The number of halogens is 2. The standard InChI is InChI=1S/C13H14Cl2N4/c1-6-11(15)16-12(9-4-5-9)17-13(6)19-8(3)10(14)7(2)18-19/h9H,4-5H2,1-3H3. The second-order valence-electron chi connectivity index (χ2n) is 4.99. The van der Waals surface area contributed by atoms with E-state index in [4.69, 9.17) is 23.2 Å². The number of hydrogen-bond acceptors (Lipinski definition) is 3. The molecule has 1 saturated carbocycles. The van der Waals surface area contributed by atoms with Crippen molar-refractivity contribution in [3.8, 4) is 5.82 Å². The van der Waals surface area contributed by atoms with Gasteiger partial charge in [0.15, 0.2) is 5.82 Å². The fourth-order valence-corrected chi connectivity index (χ4v) is 2.34. The van der Waals surface area contributed by atoms with Crippen LogP contribution >= 0.6 is 23.2 Å². The number of aromatic nitrogens is 4. The molecule has 0 atom stereocenters. The summed E-state index contributed by atoms with van der Waals surface area (Å²) in [6, 6.07) is 0. The molecule has 19 heavy (non-hydrogen) atoms. The summed E-state index contributed by atoms with van der Waals surface area (Å²) in [5.74, 6) is 1.99. The van der Waals surface area contributed by atoms with E-state index in [0.717, 1.165) is 41.4 Å². The van der Waals surface area contributed by atoms with E-state index < -0.39 is 0 Å². The van der Waals surface area contributed by atoms with E-state index in [1.165, 1.54) is 0 Å². The first-order valence-electron chi connectivity index (χ1n) is 6.25. The van der Waals surface area contributed by atoms with Crippen LogP contribution < -0.4 is 0 Å². The third kappa shape index (κ3) is 2.13. The van der Waals surface area contributed by atoms with Crippen LogP contribution in [-0.4, -0.2) is 19.7 Å². The fraction of sp³-hybridized carbons (Fsp3) is 0.462. The van der Waals surface area contributed by atoms with Gasteiger partial charge in [0, 0.05) is 11.5 Å². The van der Waals surface area contributed by atoms with Gasteiger partial charge in [0.25, 0.3) is 0 Å². The summed E-state index contributed by atoms with van der Waals surface area (Å²) >= 11 is 12.4. The smallest absolute Gasteiger partial charge is 0.161 e. The Kier molecular flexibility index (Phi) is 3.02. The van der Waals surface area contributed by atoms with Gasteiger partial charge in [-0.1, -0.05) is 23.2 Å². The predicted octanol–water partition coefficient (Wildman–Crippen LogP) is 3.77. The van der Waals surface area contributed by atoms with E-state index in [0.29, 0.717) is 16.1 Å². The van der Waals surface area contributed by atoms with Crippen molar-refractivity contribution >= 4 is 23.2 Å². The molecule has 4 nitrogen and oxygen atoms in total. The maximum atomic E-state index is 6.21. The molecular formula is C13H14Cl2N4. The van der Waals surface area contributed by atoms with Crippen molar-refractivity contribution in [3.63, 3.8) is 0 Å². The molecule has 0 amide bonds. The van der Waals surface area contributed by atoms with Crippen LogP contribution in [0.25, 0.3) is 5.82 Å². The van der Waals surface area contributed by atoms with E-state index in [1.54, 1.807) is 4.68 Å². The van der Waals surface area contributed by atoms with Crippen LogP contribution in [0.5, 0.6) is 0 Å². The minimum Gasteiger partial charge on any atom is -0.220 e. The predicted molar refractivity (Wildman–Crippen MR) is 75.4 cm³/mol. The molecule has 0 aliphatic heterocycles. The average molecular weight is 297 g/mol. The lowest BCUT2D eigenvalue weighted by Gasteiger charge is -2.10. The van der Waals surface area contributed by atoms with E-state index >= 15 is 0 Å². The second-order valence-corrected chi connectivity index (χ2v) is 5.73. The van der Waals surface area contributed by atoms with Gasteiger partial charge in [-0.05, 0) is 33.6 Å². The first-order valence-corrected chi connectivity index (χ1v) is 7.00. The van der Waals surface area contributed by atoms with Gasteiger partial charge in [0.1, 0.15) is 11.0 Å². The molecule has 0 radical (unpaired) electrons. The molecule has 3 rings (SSSR count). The van der Waals surface area contributed by atoms with Gasteiger partial charge in [0.05, 0.1) is 16.4 Å². The van der Waals surface area contributed by atoms with Gasteiger partial charge in [-0.3, -0.25) is 0 Å². The Balaban J connectivity index is 2.20. The average Bonchev–Trinajstić information content (AvgIpc) is 3.18. The van der Waals surface area contributed by atoms with Crippen LogP contribution in [0.3, 0.4) is 0 Å². The van der Waals surface area contributed by atoms with E-state index in [-0.39, 0.29) is 0 Å². The van der Waals surface area contributed by atoms with Gasteiger partial charge in [0.2, 0.25) is 0 Å². The van der Waals surface area contributed by atoms with Crippen LogP contribution in [0.15, 0.2) is 0 Å². The fourth-order valence-electron chi connectivity index (χ4n) is 2.05. The molecule has 0 aromatic carbocycles. The van der Waals surface area contributed by atoms with Crippen molar-refractivity contribution in [1.82, 2.24) is 19.7 Å². The summed E-state index contributed by atoms with van der Waals surface area (Å²) in [6.45, 7) is 5.71. The highest BCUT2D eigenvalue weighted by molar-refractivity contribution is 6.32. The third-order valence-electron chi connectivity index (χ3n) is 3.42. The molecule has 0 spiro atoms. The molecule has 100 valence electrons. The summed E-state index contributed by atoms with van der Waals surface area (Å²) in [6.07, 6.45) is 2.27. The second kappa shape index (κ2) is 4.46. The maximum absolute atomic E-state index is 6.21. The van der Waals surface area contributed by atoms with E-state index in [1.807, 2.05) is 20.8 Å². The Hall–Kier alpha value is -1.13. The molecule has 1 aliphatic rings. The zero-order valence-corrected chi connectivity index (χ0v) is 12.5. The monoisotopic (exact) mass is 296 g/mol. The Bertz CT molecular complexity index is 659. The third-order valence-corrected chi connectivity index (χ3v) is 4.34. The topological polar surface area (TPSA) is 43.6 Å². The van der Waals surface area contributed by atoms with Crippen LogP contribution in [0.1, 0.15) is 41.5 Å². The molecule has 0 unspecified atom stereocenters. The molecule has 6 heteroatoms. The van der Waals surface area contributed by atoms with Crippen LogP contribution in [0, 0.1) is 20.8 Å². The Labute approximate surface area is 121 Å². The number of nitrogens with zero attached hydrogens (tertiary/aromatic N) is 4. The molecular weight excluding hydrogens is 283 g/mol. The molecule has 1 aliphatic carbocycles. The largest absolute Gasteiger partial charge is 0.220 e. The summed E-state index contributed by atoms with van der Waals surface area (Å²) in [5.41, 5.74) is 2.49. The lowest BCUT2D eigenvalue weighted by atomic mass is 10.3. The van der Waals surface area contributed by atoms with Crippen molar-refractivity contribution in [2.75, 3.05) is 0 Å². The molecule has 0 saturated heterocycles. The van der Waals surface area contributed by atoms with E-state index in [2.05, 4.69) is 15.1 Å². The lowest BCUT2D eigenvalue weighted by molar-refractivity contribution is 0.772. The van der Waals surface area contributed by atoms with Crippen molar-refractivity contribution in [2.24, 2.45) is 0 Å².